The maximum absolute atomic E-state index is 10.5. The molecule has 2 aliphatic rings. The van der Waals surface area contributed by atoms with E-state index in [-0.39, 0.29) is 18.6 Å². The lowest BCUT2D eigenvalue weighted by Crippen LogP contribution is -2.24. The molecule has 0 bridgehead atoms. The molecule has 2 aromatic rings. The van der Waals surface area contributed by atoms with Crippen LogP contribution < -0.4 is 23.7 Å². The van der Waals surface area contributed by atoms with Crippen LogP contribution in [0.2, 0.25) is 0 Å². The highest BCUT2D eigenvalue weighted by molar-refractivity contribution is 5.54. The topological polar surface area (TPSA) is 75.6 Å². The molecular weight excluding hydrogens is 376 g/mol. The second-order valence-electron chi connectivity index (χ2n) is 7.28. The second kappa shape index (κ2) is 8.39. The summed E-state index contributed by atoms with van der Waals surface area (Å²) in [6.07, 6.45) is 0.601. The molecule has 156 valence electrons. The highest BCUT2D eigenvalue weighted by Gasteiger charge is 2.36. The minimum absolute atomic E-state index is 0.0526. The van der Waals surface area contributed by atoms with E-state index >= 15 is 0 Å². The first-order valence-corrected chi connectivity index (χ1v) is 9.60. The number of ether oxygens (including phenoxy) is 6. The van der Waals surface area contributed by atoms with Crippen molar-refractivity contribution in [1.82, 2.24) is 0 Å². The van der Waals surface area contributed by atoms with Crippen molar-refractivity contribution in [3.05, 3.63) is 41.5 Å². The van der Waals surface area contributed by atoms with Gasteiger partial charge in [0.2, 0.25) is 12.5 Å². The highest BCUT2D eigenvalue weighted by atomic mass is 16.7. The average molecular weight is 402 g/mol. The molecule has 0 spiro atoms. The van der Waals surface area contributed by atoms with Crippen molar-refractivity contribution in [2.24, 2.45) is 11.8 Å². The zero-order valence-corrected chi connectivity index (χ0v) is 16.8. The number of methoxy groups -OCH3 is 3. The van der Waals surface area contributed by atoms with E-state index in [1.807, 2.05) is 30.3 Å². The van der Waals surface area contributed by atoms with Crippen LogP contribution in [0.25, 0.3) is 0 Å². The first kappa shape index (κ1) is 19.7. The van der Waals surface area contributed by atoms with E-state index in [9.17, 15) is 5.11 Å². The van der Waals surface area contributed by atoms with Crippen LogP contribution in [-0.2, 0) is 17.6 Å². The van der Waals surface area contributed by atoms with Gasteiger partial charge in [-0.1, -0.05) is 6.07 Å². The molecule has 1 fully saturated rings. The van der Waals surface area contributed by atoms with Crippen LogP contribution in [-0.4, -0.2) is 46.1 Å². The third kappa shape index (κ3) is 3.93. The first-order valence-electron chi connectivity index (χ1n) is 9.60. The molecule has 2 aliphatic heterocycles. The molecule has 4 rings (SSSR count). The fourth-order valence-electron chi connectivity index (χ4n) is 4.08. The third-order valence-corrected chi connectivity index (χ3v) is 5.58. The van der Waals surface area contributed by atoms with Crippen molar-refractivity contribution in [2.45, 2.75) is 19.1 Å². The van der Waals surface area contributed by atoms with E-state index in [0.717, 1.165) is 29.0 Å². The Hall–Kier alpha value is -2.64. The molecule has 7 heteroatoms. The van der Waals surface area contributed by atoms with Crippen LogP contribution in [0.5, 0.6) is 28.7 Å². The van der Waals surface area contributed by atoms with Crippen LogP contribution >= 0.6 is 0 Å². The molecule has 0 aromatic heterocycles. The fraction of sp³-hybridized carbons (Fsp3) is 0.455. The maximum atomic E-state index is 10.5. The smallest absolute Gasteiger partial charge is 0.231 e. The SMILES string of the molecule is COc1cc(C[C@@H]2[C@@H](Cc3ccc4c(c3)OCO4)CO[C@@H]2O)cc(OC)c1OC. The Balaban J connectivity index is 1.53. The molecule has 29 heavy (non-hydrogen) atoms. The standard InChI is InChI=1S/C22H26O7/c1-24-19-9-14(10-20(25-2)21(19)26-3)7-16-15(11-27-22(16)23)6-13-4-5-17-18(8-13)29-12-28-17/h4-5,8-10,15-16,22-23H,6-7,11-12H2,1-3H3/t15-,16+,22-/m0/s1. The summed E-state index contributed by atoms with van der Waals surface area (Å²) in [5, 5.41) is 10.5. The first-order chi connectivity index (χ1) is 14.1. The number of hydrogen-bond donors (Lipinski definition) is 1. The normalized spacial score (nSPS) is 22.6. The summed E-state index contributed by atoms with van der Waals surface area (Å²) < 4.78 is 32.7. The van der Waals surface area contributed by atoms with Gasteiger partial charge in [0.15, 0.2) is 29.3 Å². The van der Waals surface area contributed by atoms with Crippen LogP contribution in [0.4, 0.5) is 0 Å². The second-order valence-corrected chi connectivity index (χ2v) is 7.28. The number of rotatable bonds is 7. The maximum Gasteiger partial charge on any atom is 0.231 e. The Kier molecular flexibility index (Phi) is 5.69. The van der Waals surface area contributed by atoms with Crippen molar-refractivity contribution in [3.63, 3.8) is 0 Å². The van der Waals surface area contributed by atoms with Gasteiger partial charge in [-0.3, -0.25) is 0 Å². The van der Waals surface area contributed by atoms with Gasteiger partial charge < -0.3 is 33.5 Å². The van der Waals surface area contributed by atoms with E-state index in [1.165, 1.54) is 0 Å². The van der Waals surface area contributed by atoms with Gasteiger partial charge in [0, 0.05) is 5.92 Å². The van der Waals surface area contributed by atoms with Crippen LogP contribution in [0.1, 0.15) is 11.1 Å². The van der Waals surface area contributed by atoms with E-state index in [4.69, 9.17) is 28.4 Å². The third-order valence-electron chi connectivity index (χ3n) is 5.58. The van der Waals surface area contributed by atoms with Gasteiger partial charge in [-0.15, -0.1) is 0 Å². The molecule has 1 N–H and O–H groups in total. The van der Waals surface area contributed by atoms with Crippen molar-refractivity contribution in [1.29, 1.82) is 0 Å². The lowest BCUT2D eigenvalue weighted by molar-refractivity contribution is -0.0820. The summed E-state index contributed by atoms with van der Waals surface area (Å²) in [4.78, 5) is 0. The van der Waals surface area contributed by atoms with Gasteiger partial charge >= 0.3 is 0 Å². The van der Waals surface area contributed by atoms with Gasteiger partial charge in [-0.2, -0.15) is 0 Å². The van der Waals surface area contributed by atoms with Gasteiger partial charge in [0.05, 0.1) is 27.9 Å². The van der Waals surface area contributed by atoms with Gasteiger partial charge in [0.25, 0.3) is 0 Å². The van der Waals surface area contributed by atoms with Crippen LogP contribution in [0.15, 0.2) is 30.3 Å². The molecule has 2 aromatic carbocycles. The van der Waals surface area contributed by atoms with Crippen molar-refractivity contribution < 1.29 is 33.5 Å². The van der Waals surface area contributed by atoms with Gasteiger partial charge in [-0.05, 0) is 54.2 Å². The molecule has 0 saturated carbocycles. The summed E-state index contributed by atoms with van der Waals surface area (Å²) >= 11 is 0. The molecular formula is C22H26O7. The number of aliphatic hydroxyl groups is 1. The summed E-state index contributed by atoms with van der Waals surface area (Å²) in [5.41, 5.74) is 2.12. The zero-order chi connectivity index (χ0) is 20.4. The van der Waals surface area contributed by atoms with E-state index in [2.05, 4.69) is 0 Å². The fourth-order valence-corrected chi connectivity index (χ4v) is 4.08. The largest absolute Gasteiger partial charge is 0.493 e. The van der Waals surface area contributed by atoms with Crippen LogP contribution in [0, 0.1) is 11.8 Å². The molecule has 0 aliphatic carbocycles. The van der Waals surface area contributed by atoms with Crippen molar-refractivity contribution in [3.8, 4) is 28.7 Å². The van der Waals surface area contributed by atoms with Gasteiger partial charge in [-0.25, -0.2) is 0 Å². The van der Waals surface area contributed by atoms with Crippen LogP contribution in [0.3, 0.4) is 0 Å². The Morgan fingerprint density at radius 3 is 2.31 bits per heavy atom. The Bertz CT molecular complexity index is 841. The molecule has 2 heterocycles. The monoisotopic (exact) mass is 402 g/mol. The molecule has 1 saturated heterocycles. The highest BCUT2D eigenvalue weighted by Crippen LogP contribution is 2.41. The Morgan fingerprint density at radius 1 is 0.897 bits per heavy atom. The predicted octanol–water partition coefficient (Wildman–Crippen LogP) is 2.81. The number of benzene rings is 2. The number of hydrogen-bond acceptors (Lipinski definition) is 7. The molecule has 7 nitrogen and oxygen atoms in total. The number of aliphatic hydroxyl groups excluding tert-OH is 1. The van der Waals surface area contributed by atoms with E-state index in [1.54, 1.807) is 21.3 Å². The van der Waals surface area contributed by atoms with Gasteiger partial charge in [0.1, 0.15) is 0 Å². The quantitative estimate of drug-likeness (QED) is 0.763. The zero-order valence-electron chi connectivity index (χ0n) is 16.8. The number of fused-ring (bicyclic) bond motifs is 1. The van der Waals surface area contributed by atoms with E-state index < -0.39 is 6.29 Å². The van der Waals surface area contributed by atoms with Crippen molar-refractivity contribution in [2.75, 3.05) is 34.7 Å². The lowest BCUT2D eigenvalue weighted by atomic mass is 9.84. The van der Waals surface area contributed by atoms with Crippen molar-refractivity contribution >= 4 is 0 Å². The van der Waals surface area contributed by atoms with E-state index in [0.29, 0.717) is 30.3 Å². The minimum Gasteiger partial charge on any atom is -0.493 e. The minimum atomic E-state index is -0.812. The molecule has 3 atom stereocenters. The molecule has 0 amide bonds. The predicted molar refractivity (Wildman–Crippen MR) is 105 cm³/mol. The Morgan fingerprint density at radius 2 is 1.62 bits per heavy atom. The lowest BCUT2D eigenvalue weighted by Gasteiger charge is -2.21. The molecule has 0 unspecified atom stereocenters. The summed E-state index contributed by atoms with van der Waals surface area (Å²) in [6.45, 7) is 0.762. The molecule has 0 radical (unpaired) electrons. The summed E-state index contributed by atoms with van der Waals surface area (Å²) in [5.74, 6) is 3.41. The average Bonchev–Trinajstić information content (AvgIpc) is 3.34. The summed E-state index contributed by atoms with van der Waals surface area (Å²) in [6, 6.07) is 9.81. The Labute approximate surface area is 170 Å². The summed E-state index contributed by atoms with van der Waals surface area (Å²) in [7, 11) is 4.77.